The summed E-state index contributed by atoms with van der Waals surface area (Å²) in [5, 5.41) is 14.3. The number of anilines is 1. The Morgan fingerprint density at radius 2 is 1.72 bits per heavy atom. The molecule has 1 saturated heterocycles. The summed E-state index contributed by atoms with van der Waals surface area (Å²) in [4.78, 5) is 21.7. The minimum Gasteiger partial charge on any atom is -0.495 e. The number of methoxy groups -OCH3 is 1. The van der Waals surface area contributed by atoms with Crippen molar-refractivity contribution in [2.45, 2.75) is 58.0 Å². The highest BCUT2D eigenvalue weighted by atomic mass is 16.5. The summed E-state index contributed by atoms with van der Waals surface area (Å²) >= 11 is 0. The molecule has 1 aliphatic heterocycles. The number of nitrogens with zero attached hydrogens (tertiary/aromatic N) is 6. The van der Waals surface area contributed by atoms with Crippen LogP contribution in [0.5, 0.6) is 5.75 Å². The summed E-state index contributed by atoms with van der Waals surface area (Å²) in [6.45, 7) is 7.29. The lowest BCUT2D eigenvalue weighted by molar-refractivity contribution is 0.192. The van der Waals surface area contributed by atoms with Crippen LogP contribution in [0.15, 0.2) is 47.3 Å². The lowest BCUT2D eigenvalue weighted by Crippen LogP contribution is -2.49. The molecular formula is C30H37N7O2. The van der Waals surface area contributed by atoms with E-state index in [0.29, 0.717) is 5.56 Å². The lowest BCUT2D eigenvalue weighted by atomic mass is 9.94. The summed E-state index contributed by atoms with van der Waals surface area (Å²) in [6.07, 6.45) is 5.76. The van der Waals surface area contributed by atoms with Crippen LogP contribution < -0.4 is 15.2 Å². The van der Waals surface area contributed by atoms with Crippen LogP contribution in [0, 0.1) is 13.8 Å². The zero-order chi connectivity index (χ0) is 26.9. The Bertz CT molecular complexity index is 1510. The Morgan fingerprint density at radius 1 is 0.974 bits per heavy atom. The molecular weight excluding hydrogens is 490 g/mol. The fraction of sp³-hybridized carbons (Fsp3) is 0.467. The molecule has 204 valence electrons. The molecule has 1 atom stereocenters. The van der Waals surface area contributed by atoms with E-state index in [1.54, 1.807) is 7.11 Å². The van der Waals surface area contributed by atoms with Crippen molar-refractivity contribution in [3.8, 4) is 5.75 Å². The largest absolute Gasteiger partial charge is 0.495 e. The van der Waals surface area contributed by atoms with Crippen LogP contribution in [0.25, 0.3) is 10.9 Å². The molecule has 9 nitrogen and oxygen atoms in total. The van der Waals surface area contributed by atoms with Crippen LogP contribution in [-0.2, 0) is 0 Å². The third kappa shape index (κ3) is 4.80. The van der Waals surface area contributed by atoms with E-state index in [4.69, 9.17) is 4.74 Å². The number of benzene rings is 2. The fourth-order valence-corrected chi connectivity index (χ4v) is 6.37. The van der Waals surface area contributed by atoms with Crippen LogP contribution >= 0.6 is 0 Å². The minimum absolute atomic E-state index is 0.0773. The van der Waals surface area contributed by atoms with Gasteiger partial charge in [0.1, 0.15) is 11.8 Å². The first-order valence-corrected chi connectivity index (χ1v) is 14.1. The Balaban J connectivity index is 1.41. The van der Waals surface area contributed by atoms with Crippen molar-refractivity contribution in [2.24, 2.45) is 0 Å². The van der Waals surface area contributed by atoms with Gasteiger partial charge in [-0.2, -0.15) is 0 Å². The number of H-pyrrole nitrogens is 1. The van der Waals surface area contributed by atoms with Gasteiger partial charge in [0.15, 0.2) is 5.82 Å². The van der Waals surface area contributed by atoms with E-state index in [-0.39, 0.29) is 17.6 Å². The Labute approximate surface area is 228 Å². The van der Waals surface area contributed by atoms with Gasteiger partial charge in [0.2, 0.25) is 0 Å². The fourth-order valence-electron chi connectivity index (χ4n) is 6.37. The van der Waals surface area contributed by atoms with Crippen LogP contribution in [0.3, 0.4) is 0 Å². The number of fused-ring (bicyclic) bond motifs is 1. The van der Waals surface area contributed by atoms with Crippen molar-refractivity contribution < 1.29 is 4.74 Å². The molecule has 2 aliphatic rings. The molecule has 0 spiro atoms. The van der Waals surface area contributed by atoms with E-state index in [1.165, 1.54) is 19.3 Å². The molecule has 1 aliphatic carbocycles. The number of hydrogen-bond donors (Lipinski definition) is 1. The van der Waals surface area contributed by atoms with Crippen molar-refractivity contribution in [1.29, 1.82) is 0 Å². The Morgan fingerprint density at radius 3 is 2.49 bits per heavy atom. The van der Waals surface area contributed by atoms with Crippen molar-refractivity contribution >= 4 is 16.6 Å². The van der Waals surface area contributed by atoms with Gasteiger partial charge in [0.05, 0.1) is 24.4 Å². The molecule has 2 aromatic heterocycles. The number of pyridine rings is 1. The monoisotopic (exact) mass is 527 g/mol. The minimum atomic E-state index is -0.338. The zero-order valence-corrected chi connectivity index (χ0v) is 23.1. The van der Waals surface area contributed by atoms with Gasteiger partial charge in [-0.05, 0) is 66.4 Å². The molecule has 4 aromatic rings. The normalized spacial score (nSPS) is 18.0. The van der Waals surface area contributed by atoms with Crippen molar-refractivity contribution in [1.82, 2.24) is 30.1 Å². The van der Waals surface area contributed by atoms with E-state index >= 15 is 0 Å². The molecule has 3 heterocycles. The van der Waals surface area contributed by atoms with Crippen LogP contribution in [0.2, 0.25) is 0 Å². The van der Waals surface area contributed by atoms with Gasteiger partial charge in [-0.1, -0.05) is 43.5 Å². The topological polar surface area (TPSA) is 92.2 Å². The number of rotatable bonds is 6. The predicted octanol–water partition coefficient (Wildman–Crippen LogP) is 4.56. The maximum Gasteiger partial charge on any atom is 0.253 e. The molecule has 0 unspecified atom stereocenters. The summed E-state index contributed by atoms with van der Waals surface area (Å²) < 4.78 is 7.65. The van der Waals surface area contributed by atoms with Gasteiger partial charge in [-0.15, -0.1) is 5.10 Å². The second-order valence-corrected chi connectivity index (χ2v) is 10.9. The van der Waals surface area contributed by atoms with Crippen LogP contribution in [-0.4, -0.2) is 63.4 Å². The van der Waals surface area contributed by atoms with Crippen LogP contribution in [0.4, 0.5) is 5.69 Å². The maximum absolute atomic E-state index is 13.7. The molecule has 0 amide bonds. The molecule has 9 heteroatoms. The van der Waals surface area contributed by atoms with Gasteiger partial charge in [0, 0.05) is 37.1 Å². The average molecular weight is 528 g/mol. The number of para-hydroxylation sites is 2. The number of nitrogens with one attached hydrogen (secondary N) is 1. The van der Waals surface area contributed by atoms with Gasteiger partial charge >= 0.3 is 0 Å². The van der Waals surface area contributed by atoms with E-state index in [2.05, 4.69) is 61.5 Å². The molecule has 0 radical (unpaired) electrons. The molecule has 2 aromatic carbocycles. The predicted molar refractivity (Wildman–Crippen MR) is 153 cm³/mol. The number of piperazine rings is 1. The SMILES string of the molecule is COc1ccccc1N1CCN([C@H](c2cc3c(C)ccc(C)c3[nH]c2=O)c2nnnn2C2CCCCC2)CC1. The summed E-state index contributed by atoms with van der Waals surface area (Å²) in [7, 11) is 1.71. The van der Waals surface area contributed by atoms with E-state index in [0.717, 1.165) is 78.3 Å². The van der Waals surface area contributed by atoms with Gasteiger partial charge in [-0.25, -0.2) is 4.68 Å². The lowest BCUT2D eigenvalue weighted by Gasteiger charge is -2.40. The first-order valence-electron chi connectivity index (χ1n) is 14.1. The highest BCUT2D eigenvalue weighted by Crippen LogP contribution is 2.35. The number of aryl methyl sites for hydroxylation is 2. The molecule has 1 N–H and O–H groups in total. The Hall–Kier alpha value is -3.72. The van der Waals surface area contributed by atoms with Crippen LogP contribution in [0.1, 0.15) is 66.7 Å². The highest BCUT2D eigenvalue weighted by molar-refractivity contribution is 5.85. The first kappa shape index (κ1) is 25.6. The number of aromatic nitrogens is 5. The third-order valence-corrected chi connectivity index (χ3v) is 8.56. The smallest absolute Gasteiger partial charge is 0.253 e. The molecule has 2 fully saturated rings. The van der Waals surface area contributed by atoms with Gasteiger partial charge in [-0.3, -0.25) is 9.69 Å². The number of aromatic amines is 1. The summed E-state index contributed by atoms with van der Waals surface area (Å²) in [5.74, 6) is 1.64. The van der Waals surface area contributed by atoms with Crippen molar-refractivity contribution in [3.05, 3.63) is 75.3 Å². The Kier molecular flexibility index (Phi) is 7.08. The molecule has 1 saturated carbocycles. The van der Waals surface area contributed by atoms with E-state index in [1.807, 2.05) is 29.8 Å². The second-order valence-electron chi connectivity index (χ2n) is 10.9. The standard InChI is InChI=1S/C30H37N7O2/c1-20-13-14-21(2)27-23(20)19-24(30(38)31-27)28(29-32-33-34-37(29)22-9-5-4-6-10-22)36-17-15-35(16-18-36)25-11-7-8-12-26(25)39-3/h7-8,11-14,19,22,28H,4-6,9-10,15-18H2,1-3H3,(H,31,38)/t28-/m1/s1. The van der Waals surface area contributed by atoms with E-state index in [9.17, 15) is 4.79 Å². The highest BCUT2D eigenvalue weighted by Gasteiger charge is 2.35. The number of hydrogen-bond acceptors (Lipinski definition) is 7. The first-order chi connectivity index (χ1) is 19.0. The summed E-state index contributed by atoms with van der Waals surface area (Å²) in [6, 6.07) is 14.3. The van der Waals surface area contributed by atoms with Crippen molar-refractivity contribution in [3.63, 3.8) is 0 Å². The second kappa shape index (κ2) is 10.8. The molecule has 0 bridgehead atoms. The third-order valence-electron chi connectivity index (χ3n) is 8.56. The number of tetrazole rings is 1. The van der Waals surface area contributed by atoms with Gasteiger partial charge in [0.25, 0.3) is 5.56 Å². The maximum atomic E-state index is 13.7. The average Bonchev–Trinajstić information content (AvgIpc) is 3.46. The van der Waals surface area contributed by atoms with Crippen molar-refractivity contribution in [2.75, 3.05) is 38.2 Å². The summed E-state index contributed by atoms with van der Waals surface area (Å²) in [5.41, 5.74) is 4.82. The molecule has 6 rings (SSSR count). The quantitative estimate of drug-likeness (QED) is 0.393. The van der Waals surface area contributed by atoms with Gasteiger partial charge < -0.3 is 14.6 Å². The van der Waals surface area contributed by atoms with E-state index < -0.39 is 0 Å². The zero-order valence-electron chi connectivity index (χ0n) is 23.1. The number of ether oxygens (including phenoxy) is 1. The molecule has 39 heavy (non-hydrogen) atoms.